The topological polar surface area (TPSA) is 50.2 Å². The van der Waals surface area contributed by atoms with Gasteiger partial charge in [-0.2, -0.15) is 11.3 Å². The third-order valence-corrected chi connectivity index (χ3v) is 5.49. The minimum Gasteiger partial charge on any atom is -0.508 e. The van der Waals surface area contributed by atoms with Gasteiger partial charge in [-0.15, -0.1) is 11.3 Å². The van der Waals surface area contributed by atoms with Crippen molar-refractivity contribution in [1.29, 1.82) is 0 Å². The average Bonchev–Trinajstić information content (AvgIpc) is 3.21. The van der Waals surface area contributed by atoms with Gasteiger partial charge in [0.05, 0.1) is 5.69 Å². The monoisotopic (exact) mass is 339 g/mol. The number of aromatic hydroxyl groups is 1. The van der Waals surface area contributed by atoms with Gasteiger partial charge in [0.25, 0.3) is 0 Å². The molecule has 0 radical (unpaired) electrons. The zero-order valence-electron chi connectivity index (χ0n) is 12.2. The molecule has 0 saturated carbocycles. The van der Waals surface area contributed by atoms with Crippen molar-refractivity contribution < 1.29 is 9.90 Å². The summed E-state index contributed by atoms with van der Waals surface area (Å²) in [4.78, 5) is 17.2. The Kier molecular flexibility index (Phi) is 3.59. The lowest BCUT2D eigenvalue weighted by Gasteiger charge is -2.17. The fraction of sp³-hybridized carbons (Fsp3) is 0.111. The molecule has 0 aliphatic heterocycles. The number of carbonyl (C=O) groups is 1. The number of ketones is 1. The Morgan fingerprint density at radius 2 is 2.09 bits per heavy atom. The van der Waals surface area contributed by atoms with Gasteiger partial charge in [0.2, 0.25) is 0 Å². The summed E-state index contributed by atoms with van der Waals surface area (Å²) >= 11 is 3.24. The highest BCUT2D eigenvalue weighted by Gasteiger charge is 2.22. The third kappa shape index (κ3) is 2.73. The fourth-order valence-electron chi connectivity index (χ4n) is 2.75. The number of aryl methyl sites for hydroxylation is 1. The van der Waals surface area contributed by atoms with E-state index < -0.39 is 0 Å². The summed E-state index contributed by atoms with van der Waals surface area (Å²) in [5.41, 5.74) is 4.35. The lowest BCUT2D eigenvalue weighted by molar-refractivity contribution is 0.102. The molecule has 2 heterocycles. The first-order valence-electron chi connectivity index (χ1n) is 7.26. The summed E-state index contributed by atoms with van der Waals surface area (Å²) < 4.78 is 0. The van der Waals surface area contributed by atoms with Crippen LogP contribution in [0.5, 0.6) is 5.75 Å². The van der Waals surface area contributed by atoms with Crippen molar-refractivity contribution in [2.24, 2.45) is 0 Å². The molecule has 1 aliphatic carbocycles. The molecule has 5 heteroatoms. The van der Waals surface area contributed by atoms with E-state index in [1.165, 1.54) is 0 Å². The molecule has 3 aromatic rings. The number of Topliss-reactive ketones (excluding diaryl/α,β-unsaturated/α-hetero) is 1. The molecule has 0 atom stereocenters. The van der Waals surface area contributed by atoms with E-state index in [1.807, 2.05) is 16.8 Å². The Morgan fingerprint density at radius 1 is 1.17 bits per heavy atom. The van der Waals surface area contributed by atoms with Crippen LogP contribution in [0.3, 0.4) is 0 Å². The molecule has 3 nitrogen and oxygen atoms in total. The average molecular weight is 339 g/mol. The van der Waals surface area contributed by atoms with Crippen molar-refractivity contribution in [2.75, 3.05) is 0 Å². The number of benzene rings is 1. The molecule has 1 aromatic carbocycles. The summed E-state index contributed by atoms with van der Waals surface area (Å²) in [6, 6.07) is 7.01. The minimum absolute atomic E-state index is 0.0383. The van der Waals surface area contributed by atoms with Crippen molar-refractivity contribution >= 4 is 34.5 Å². The molecular weight excluding hydrogens is 326 g/mol. The van der Waals surface area contributed by atoms with Crippen LogP contribution in [0.15, 0.2) is 46.0 Å². The van der Waals surface area contributed by atoms with Gasteiger partial charge in [0.1, 0.15) is 10.8 Å². The number of fused-ring (bicyclic) bond motifs is 1. The van der Waals surface area contributed by atoms with E-state index in [1.54, 1.807) is 40.9 Å². The molecule has 0 unspecified atom stereocenters. The Labute approximate surface area is 141 Å². The lowest BCUT2D eigenvalue weighted by Crippen LogP contribution is -2.13. The summed E-state index contributed by atoms with van der Waals surface area (Å²) in [6.07, 6.45) is 3.34. The van der Waals surface area contributed by atoms with E-state index >= 15 is 0 Å². The molecule has 0 saturated heterocycles. The highest BCUT2D eigenvalue weighted by Crippen LogP contribution is 2.31. The molecule has 0 amide bonds. The molecule has 23 heavy (non-hydrogen) atoms. The van der Waals surface area contributed by atoms with Crippen LogP contribution >= 0.6 is 22.7 Å². The van der Waals surface area contributed by atoms with Crippen molar-refractivity contribution in [3.8, 4) is 16.3 Å². The van der Waals surface area contributed by atoms with Crippen molar-refractivity contribution in [3.05, 3.63) is 62.8 Å². The Morgan fingerprint density at radius 3 is 2.91 bits per heavy atom. The van der Waals surface area contributed by atoms with Crippen LogP contribution < -0.4 is 0 Å². The Hall–Kier alpha value is -2.24. The number of nitrogens with zero attached hydrogens (tertiary/aromatic N) is 1. The largest absolute Gasteiger partial charge is 0.508 e. The van der Waals surface area contributed by atoms with Gasteiger partial charge in [-0.1, -0.05) is 0 Å². The van der Waals surface area contributed by atoms with Crippen LogP contribution in [0.4, 0.5) is 0 Å². The van der Waals surface area contributed by atoms with Crippen LogP contribution in [0.25, 0.3) is 16.6 Å². The number of rotatable bonds is 2. The molecule has 4 rings (SSSR count). The Balaban J connectivity index is 1.65. The Bertz CT molecular complexity index is 907. The fourth-order valence-corrected chi connectivity index (χ4v) is 4.24. The first-order valence-corrected chi connectivity index (χ1v) is 9.08. The van der Waals surface area contributed by atoms with Crippen LogP contribution in [0, 0.1) is 0 Å². The van der Waals surface area contributed by atoms with E-state index in [2.05, 4.69) is 16.4 Å². The van der Waals surface area contributed by atoms with Gasteiger partial charge in [0.15, 0.2) is 5.78 Å². The van der Waals surface area contributed by atoms with Crippen LogP contribution in [-0.4, -0.2) is 15.9 Å². The zero-order valence-corrected chi connectivity index (χ0v) is 13.8. The van der Waals surface area contributed by atoms with Gasteiger partial charge in [-0.05, 0) is 54.1 Å². The van der Waals surface area contributed by atoms with Gasteiger partial charge in [-0.25, -0.2) is 4.98 Å². The second kappa shape index (κ2) is 5.76. The molecule has 2 aromatic heterocycles. The third-order valence-electron chi connectivity index (χ3n) is 3.90. The number of allylic oxidation sites excluding steroid dienone is 1. The zero-order chi connectivity index (χ0) is 15.8. The standard InChI is InChI=1S/C18H13NO2S2/c20-15-3-4-16-11(8-15)1-2-12(17(16)21)7-14-10-23-18(19-14)13-5-6-22-9-13/h3-10,20H,1-2H2/b12-7+. The number of phenols is 1. The molecular formula is C18H13NO2S2. The van der Waals surface area contributed by atoms with E-state index in [0.29, 0.717) is 12.0 Å². The number of hydrogen-bond donors (Lipinski definition) is 1. The number of phenolic OH excluding ortho intramolecular Hbond substituents is 1. The summed E-state index contributed by atoms with van der Waals surface area (Å²) in [5, 5.41) is 16.6. The molecule has 1 aliphatic rings. The van der Waals surface area contributed by atoms with Crippen LogP contribution in [0.2, 0.25) is 0 Å². The van der Waals surface area contributed by atoms with Crippen molar-refractivity contribution in [2.45, 2.75) is 12.8 Å². The van der Waals surface area contributed by atoms with Crippen molar-refractivity contribution in [1.82, 2.24) is 4.98 Å². The van der Waals surface area contributed by atoms with Gasteiger partial charge in [-0.3, -0.25) is 4.79 Å². The molecule has 1 N–H and O–H groups in total. The maximum absolute atomic E-state index is 12.6. The highest BCUT2D eigenvalue weighted by atomic mass is 32.1. The van der Waals surface area contributed by atoms with Gasteiger partial charge >= 0.3 is 0 Å². The number of carbonyl (C=O) groups excluding carboxylic acids is 1. The number of hydrogen-bond acceptors (Lipinski definition) is 5. The minimum atomic E-state index is 0.0383. The van der Waals surface area contributed by atoms with E-state index in [0.717, 1.165) is 33.8 Å². The maximum atomic E-state index is 12.6. The van der Waals surface area contributed by atoms with Gasteiger partial charge in [0, 0.05) is 27.5 Å². The van der Waals surface area contributed by atoms with Gasteiger partial charge < -0.3 is 5.11 Å². The summed E-state index contributed by atoms with van der Waals surface area (Å²) in [7, 11) is 0. The number of aromatic nitrogens is 1. The van der Waals surface area contributed by atoms with Crippen LogP contribution in [0.1, 0.15) is 28.0 Å². The second-order valence-corrected chi connectivity index (χ2v) is 7.07. The predicted octanol–water partition coefficient (Wildman–Crippen LogP) is 4.79. The second-order valence-electron chi connectivity index (χ2n) is 5.43. The lowest BCUT2D eigenvalue weighted by atomic mass is 9.86. The highest BCUT2D eigenvalue weighted by molar-refractivity contribution is 7.14. The van der Waals surface area contributed by atoms with E-state index in [4.69, 9.17) is 0 Å². The quantitative estimate of drug-likeness (QED) is 0.683. The predicted molar refractivity (Wildman–Crippen MR) is 94.2 cm³/mol. The van der Waals surface area contributed by atoms with E-state index in [9.17, 15) is 9.90 Å². The molecule has 0 fully saturated rings. The smallest absolute Gasteiger partial charge is 0.189 e. The molecule has 0 spiro atoms. The van der Waals surface area contributed by atoms with Crippen LogP contribution in [-0.2, 0) is 6.42 Å². The van der Waals surface area contributed by atoms with E-state index in [-0.39, 0.29) is 11.5 Å². The first-order chi connectivity index (χ1) is 11.2. The number of thiophene rings is 1. The summed E-state index contributed by atoms with van der Waals surface area (Å²) in [5.74, 6) is 0.250. The number of thiazole rings is 1. The SMILES string of the molecule is O=C1/C(=C/c2csc(-c3ccsc3)n2)CCc2cc(O)ccc21. The molecule has 0 bridgehead atoms. The first kappa shape index (κ1) is 14.4. The van der Waals surface area contributed by atoms with Crippen molar-refractivity contribution in [3.63, 3.8) is 0 Å². The normalized spacial score (nSPS) is 15.8. The molecule has 114 valence electrons. The maximum Gasteiger partial charge on any atom is 0.189 e. The summed E-state index contributed by atoms with van der Waals surface area (Å²) in [6.45, 7) is 0.